The highest BCUT2D eigenvalue weighted by atomic mass is 35.5. The van der Waals surface area contributed by atoms with Crippen LogP contribution in [0.5, 0.6) is 0 Å². The lowest BCUT2D eigenvalue weighted by Crippen LogP contribution is -2.26. The number of hydrogen-bond donors (Lipinski definition) is 1. The van der Waals surface area contributed by atoms with Gasteiger partial charge in [-0.15, -0.1) is 0 Å². The number of aromatic nitrogens is 1. The fourth-order valence-electron chi connectivity index (χ4n) is 2.94. The zero-order chi connectivity index (χ0) is 12.7. The molecule has 1 aromatic rings. The first-order valence-corrected chi connectivity index (χ1v) is 6.62. The van der Waals surface area contributed by atoms with Gasteiger partial charge in [0.05, 0.1) is 11.9 Å². The van der Waals surface area contributed by atoms with Crippen LogP contribution in [-0.4, -0.2) is 10.9 Å². The number of nitrogens with zero attached hydrogens (tertiary/aromatic N) is 1. The van der Waals surface area contributed by atoms with Crippen molar-refractivity contribution < 1.29 is 4.79 Å². The molecule has 94 valence electrons. The Labute approximate surface area is 111 Å². The minimum atomic E-state index is 0.107. The van der Waals surface area contributed by atoms with Crippen molar-refractivity contribution in [1.82, 2.24) is 4.98 Å². The molecule has 1 amide bonds. The number of halogens is 1. The standard InChI is InChI=1S/C14H15ClN2O/c1-8-4-11(7-16-13(8)15)17-14(18)12-6-9-2-3-10(12)5-9/h2-4,7,9-10,12H,5-6H2,1H3,(H,17,18). The maximum atomic E-state index is 12.2. The van der Waals surface area contributed by atoms with Gasteiger partial charge in [-0.1, -0.05) is 23.8 Å². The molecule has 0 aliphatic heterocycles. The highest BCUT2D eigenvalue weighted by molar-refractivity contribution is 6.30. The fourth-order valence-corrected chi connectivity index (χ4v) is 3.05. The lowest BCUT2D eigenvalue weighted by atomic mass is 9.93. The van der Waals surface area contributed by atoms with E-state index in [1.807, 2.05) is 13.0 Å². The summed E-state index contributed by atoms with van der Waals surface area (Å²) < 4.78 is 0. The summed E-state index contributed by atoms with van der Waals surface area (Å²) in [5.74, 6) is 1.26. The summed E-state index contributed by atoms with van der Waals surface area (Å²) in [4.78, 5) is 16.2. The van der Waals surface area contributed by atoms with Gasteiger partial charge in [-0.2, -0.15) is 0 Å². The highest BCUT2D eigenvalue weighted by Gasteiger charge is 2.39. The van der Waals surface area contributed by atoms with Crippen LogP contribution in [0.1, 0.15) is 18.4 Å². The molecule has 4 heteroatoms. The van der Waals surface area contributed by atoms with Crippen molar-refractivity contribution >= 4 is 23.2 Å². The van der Waals surface area contributed by atoms with Crippen molar-refractivity contribution in [3.8, 4) is 0 Å². The average molecular weight is 263 g/mol. The minimum Gasteiger partial charge on any atom is -0.324 e. The van der Waals surface area contributed by atoms with Crippen LogP contribution in [0, 0.1) is 24.7 Å². The Morgan fingerprint density at radius 1 is 1.44 bits per heavy atom. The third-order valence-corrected chi connectivity index (χ3v) is 4.29. The Morgan fingerprint density at radius 2 is 2.28 bits per heavy atom. The van der Waals surface area contributed by atoms with Crippen LogP contribution < -0.4 is 5.32 Å². The van der Waals surface area contributed by atoms with Crippen LogP contribution >= 0.6 is 11.6 Å². The molecule has 1 saturated carbocycles. The van der Waals surface area contributed by atoms with Crippen LogP contribution in [0.4, 0.5) is 5.69 Å². The predicted octanol–water partition coefficient (Wildman–Crippen LogP) is 3.19. The Morgan fingerprint density at radius 3 is 2.89 bits per heavy atom. The molecule has 0 saturated heterocycles. The van der Waals surface area contributed by atoms with Gasteiger partial charge in [0.1, 0.15) is 5.15 Å². The van der Waals surface area contributed by atoms with Crippen molar-refractivity contribution in [2.24, 2.45) is 17.8 Å². The first kappa shape index (κ1) is 11.7. The molecule has 3 atom stereocenters. The molecule has 1 fully saturated rings. The third kappa shape index (κ3) is 2.03. The summed E-state index contributed by atoms with van der Waals surface area (Å²) in [5.41, 5.74) is 1.61. The number of aryl methyl sites for hydroxylation is 1. The summed E-state index contributed by atoms with van der Waals surface area (Å²) in [6, 6.07) is 1.86. The number of hydrogen-bond acceptors (Lipinski definition) is 2. The minimum absolute atomic E-state index is 0.107. The van der Waals surface area contributed by atoms with Crippen molar-refractivity contribution in [3.05, 3.63) is 35.1 Å². The second kappa shape index (κ2) is 4.39. The van der Waals surface area contributed by atoms with Crippen molar-refractivity contribution in [2.75, 3.05) is 5.32 Å². The van der Waals surface area contributed by atoms with Crippen LogP contribution in [0.3, 0.4) is 0 Å². The van der Waals surface area contributed by atoms with Crippen LogP contribution in [-0.2, 0) is 4.79 Å². The van der Waals surface area contributed by atoms with Gasteiger partial charge in [-0.3, -0.25) is 4.79 Å². The normalized spacial score (nSPS) is 28.7. The highest BCUT2D eigenvalue weighted by Crippen LogP contribution is 2.43. The Balaban J connectivity index is 1.71. The zero-order valence-corrected chi connectivity index (χ0v) is 10.9. The molecule has 0 radical (unpaired) electrons. The smallest absolute Gasteiger partial charge is 0.228 e. The molecular weight excluding hydrogens is 248 g/mol. The summed E-state index contributed by atoms with van der Waals surface area (Å²) in [6.45, 7) is 1.88. The topological polar surface area (TPSA) is 42.0 Å². The molecule has 0 aromatic carbocycles. The number of rotatable bonds is 2. The molecule has 3 rings (SSSR count). The maximum absolute atomic E-state index is 12.2. The number of nitrogens with one attached hydrogen (secondary N) is 1. The van der Waals surface area contributed by atoms with Crippen LogP contribution in [0.15, 0.2) is 24.4 Å². The van der Waals surface area contributed by atoms with E-state index < -0.39 is 0 Å². The summed E-state index contributed by atoms with van der Waals surface area (Å²) in [5, 5.41) is 3.43. The van der Waals surface area contributed by atoms with Gasteiger partial charge in [-0.05, 0) is 43.2 Å². The number of pyridine rings is 1. The monoisotopic (exact) mass is 262 g/mol. The van der Waals surface area contributed by atoms with E-state index in [-0.39, 0.29) is 11.8 Å². The number of carbonyl (C=O) groups excluding carboxylic acids is 1. The van der Waals surface area contributed by atoms with Gasteiger partial charge in [0, 0.05) is 5.92 Å². The molecular formula is C14H15ClN2O. The second-order valence-electron chi connectivity index (χ2n) is 5.21. The van der Waals surface area contributed by atoms with E-state index in [1.165, 1.54) is 0 Å². The second-order valence-corrected chi connectivity index (χ2v) is 5.57. The van der Waals surface area contributed by atoms with E-state index in [0.29, 0.717) is 17.0 Å². The van der Waals surface area contributed by atoms with Gasteiger partial charge in [0.15, 0.2) is 0 Å². The quantitative estimate of drug-likeness (QED) is 0.657. The molecule has 1 aromatic heterocycles. The molecule has 2 bridgehead atoms. The van der Waals surface area contributed by atoms with E-state index in [1.54, 1.807) is 6.20 Å². The van der Waals surface area contributed by atoms with Gasteiger partial charge in [-0.25, -0.2) is 4.98 Å². The molecule has 2 aliphatic carbocycles. The SMILES string of the molecule is Cc1cc(NC(=O)C2CC3C=CC2C3)cnc1Cl. The predicted molar refractivity (Wildman–Crippen MR) is 71.5 cm³/mol. The van der Waals surface area contributed by atoms with E-state index in [0.717, 1.165) is 24.1 Å². The summed E-state index contributed by atoms with van der Waals surface area (Å²) in [7, 11) is 0. The molecule has 1 heterocycles. The number of allylic oxidation sites excluding steroid dienone is 2. The van der Waals surface area contributed by atoms with Gasteiger partial charge >= 0.3 is 0 Å². The summed E-state index contributed by atoms with van der Waals surface area (Å²) in [6.07, 6.45) is 8.14. The molecule has 3 unspecified atom stereocenters. The molecule has 2 aliphatic rings. The summed E-state index contributed by atoms with van der Waals surface area (Å²) >= 11 is 5.86. The van der Waals surface area contributed by atoms with E-state index in [2.05, 4.69) is 22.5 Å². The lowest BCUT2D eigenvalue weighted by Gasteiger charge is -2.17. The third-order valence-electron chi connectivity index (χ3n) is 3.90. The molecule has 0 spiro atoms. The van der Waals surface area contributed by atoms with Gasteiger partial charge in [0.25, 0.3) is 0 Å². The van der Waals surface area contributed by atoms with Gasteiger partial charge in [0.2, 0.25) is 5.91 Å². The van der Waals surface area contributed by atoms with E-state index in [9.17, 15) is 4.79 Å². The molecule has 18 heavy (non-hydrogen) atoms. The molecule has 1 N–H and O–H groups in total. The van der Waals surface area contributed by atoms with E-state index in [4.69, 9.17) is 11.6 Å². The molecule has 3 nitrogen and oxygen atoms in total. The Hall–Kier alpha value is -1.35. The lowest BCUT2D eigenvalue weighted by molar-refractivity contribution is -0.120. The number of carbonyl (C=O) groups is 1. The Kier molecular flexibility index (Phi) is 2.86. The number of fused-ring (bicyclic) bond motifs is 2. The van der Waals surface area contributed by atoms with Gasteiger partial charge < -0.3 is 5.32 Å². The largest absolute Gasteiger partial charge is 0.324 e. The van der Waals surface area contributed by atoms with E-state index >= 15 is 0 Å². The first-order chi connectivity index (χ1) is 8.63. The number of amides is 1. The zero-order valence-electron chi connectivity index (χ0n) is 10.2. The fraction of sp³-hybridized carbons (Fsp3) is 0.429. The Bertz CT molecular complexity index is 527. The van der Waals surface area contributed by atoms with Crippen LogP contribution in [0.2, 0.25) is 5.15 Å². The average Bonchev–Trinajstić information content (AvgIpc) is 2.96. The van der Waals surface area contributed by atoms with Crippen molar-refractivity contribution in [3.63, 3.8) is 0 Å². The van der Waals surface area contributed by atoms with Crippen molar-refractivity contribution in [2.45, 2.75) is 19.8 Å². The maximum Gasteiger partial charge on any atom is 0.228 e. The number of anilines is 1. The van der Waals surface area contributed by atoms with Crippen LogP contribution in [0.25, 0.3) is 0 Å². The van der Waals surface area contributed by atoms with Crippen molar-refractivity contribution in [1.29, 1.82) is 0 Å². The first-order valence-electron chi connectivity index (χ1n) is 6.25.